The molecule has 1 amide bonds. The fourth-order valence-corrected chi connectivity index (χ4v) is 3.06. The van der Waals surface area contributed by atoms with Gasteiger partial charge in [-0.1, -0.05) is 22.0 Å². The van der Waals surface area contributed by atoms with Crippen LogP contribution in [0.2, 0.25) is 0 Å². The van der Waals surface area contributed by atoms with E-state index in [0.29, 0.717) is 15.8 Å². The van der Waals surface area contributed by atoms with Crippen molar-refractivity contribution in [3.05, 3.63) is 57.6 Å². The molecule has 2 N–H and O–H groups in total. The van der Waals surface area contributed by atoms with Crippen molar-refractivity contribution in [2.75, 3.05) is 10.6 Å². The Morgan fingerprint density at radius 1 is 1.18 bits per heavy atom. The number of nitrogen functional groups attached to an aromatic ring is 1. The Labute approximate surface area is 132 Å². The van der Waals surface area contributed by atoms with Gasteiger partial charge >= 0.3 is 6.18 Å². The number of hydrogen-bond donors (Lipinski definition) is 1. The van der Waals surface area contributed by atoms with E-state index in [2.05, 4.69) is 15.9 Å². The Morgan fingerprint density at radius 3 is 2.55 bits per heavy atom. The average molecular weight is 371 g/mol. The first-order valence-corrected chi connectivity index (χ1v) is 7.13. The summed E-state index contributed by atoms with van der Waals surface area (Å²) in [5.41, 5.74) is 5.91. The third-order valence-corrected chi connectivity index (χ3v) is 3.95. The Hall–Kier alpha value is -2.02. The lowest BCUT2D eigenvalue weighted by atomic mass is 10.0. The number of alkyl halides is 3. The maximum absolute atomic E-state index is 13.1. The lowest BCUT2D eigenvalue weighted by Gasteiger charge is -2.17. The minimum Gasteiger partial charge on any atom is -0.399 e. The van der Waals surface area contributed by atoms with Crippen molar-refractivity contribution < 1.29 is 18.0 Å². The van der Waals surface area contributed by atoms with E-state index in [1.54, 1.807) is 18.2 Å². The minimum atomic E-state index is -4.49. The second-order valence-electron chi connectivity index (χ2n) is 4.96. The first kappa shape index (κ1) is 14.9. The van der Waals surface area contributed by atoms with Gasteiger partial charge < -0.3 is 10.6 Å². The van der Waals surface area contributed by atoms with Crippen molar-refractivity contribution in [1.29, 1.82) is 0 Å². The summed E-state index contributed by atoms with van der Waals surface area (Å²) in [6, 6.07) is 8.50. The fourth-order valence-electron chi connectivity index (χ4n) is 2.56. The number of nitrogens with two attached hydrogens (primary N) is 1. The van der Waals surface area contributed by atoms with Gasteiger partial charge in [0.15, 0.2) is 0 Å². The largest absolute Gasteiger partial charge is 0.416 e. The molecule has 0 saturated carbocycles. The van der Waals surface area contributed by atoms with Crippen molar-refractivity contribution in [2.24, 2.45) is 0 Å². The van der Waals surface area contributed by atoms with E-state index in [1.807, 2.05) is 0 Å². The zero-order valence-corrected chi connectivity index (χ0v) is 12.7. The highest BCUT2D eigenvalue weighted by Gasteiger charge is 2.39. The van der Waals surface area contributed by atoms with Gasteiger partial charge in [-0.15, -0.1) is 0 Å². The number of benzene rings is 2. The summed E-state index contributed by atoms with van der Waals surface area (Å²) >= 11 is 3.26. The maximum atomic E-state index is 13.1. The molecular weight excluding hydrogens is 361 g/mol. The van der Waals surface area contributed by atoms with Crippen LogP contribution in [-0.2, 0) is 12.7 Å². The molecule has 22 heavy (non-hydrogen) atoms. The molecule has 3 nitrogen and oxygen atoms in total. The number of rotatable bonds is 1. The molecular formula is C15H10BrF3N2O. The highest BCUT2D eigenvalue weighted by atomic mass is 79.9. The van der Waals surface area contributed by atoms with Crippen molar-refractivity contribution in [1.82, 2.24) is 0 Å². The Balaban J connectivity index is 2.08. The van der Waals surface area contributed by atoms with Gasteiger partial charge in [0, 0.05) is 21.4 Å². The summed E-state index contributed by atoms with van der Waals surface area (Å²) in [5, 5.41) is 0. The van der Waals surface area contributed by atoms with Crippen LogP contribution in [0.1, 0.15) is 21.5 Å². The molecule has 3 rings (SSSR count). The lowest BCUT2D eigenvalue weighted by molar-refractivity contribution is -0.138. The van der Waals surface area contributed by atoms with Crippen LogP contribution in [0.5, 0.6) is 0 Å². The van der Waals surface area contributed by atoms with Crippen LogP contribution in [0.25, 0.3) is 0 Å². The zero-order valence-electron chi connectivity index (χ0n) is 11.1. The van der Waals surface area contributed by atoms with Crippen LogP contribution in [0.15, 0.2) is 40.9 Å². The number of halogens is 4. The summed E-state index contributed by atoms with van der Waals surface area (Å²) in [7, 11) is 0. The van der Waals surface area contributed by atoms with Gasteiger partial charge in [0.05, 0.1) is 12.1 Å². The summed E-state index contributed by atoms with van der Waals surface area (Å²) < 4.78 is 39.9. The second kappa shape index (κ2) is 5.01. The zero-order chi connectivity index (χ0) is 16.1. The van der Waals surface area contributed by atoms with Gasteiger partial charge in [-0.05, 0) is 35.9 Å². The number of anilines is 2. The van der Waals surface area contributed by atoms with Gasteiger partial charge in [0.25, 0.3) is 5.91 Å². The third-order valence-electron chi connectivity index (χ3n) is 3.49. The monoisotopic (exact) mass is 370 g/mol. The number of amides is 1. The molecule has 0 saturated heterocycles. The predicted molar refractivity (Wildman–Crippen MR) is 80.5 cm³/mol. The maximum Gasteiger partial charge on any atom is 0.416 e. The topological polar surface area (TPSA) is 46.3 Å². The number of fused-ring (bicyclic) bond motifs is 1. The molecule has 0 atom stereocenters. The first-order chi connectivity index (χ1) is 10.3. The molecule has 0 fully saturated rings. The van der Waals surface area contributed by atoms with Crippen LogP contribution < -0.4 is 10.6 Å². The van der Waals surface area contributed by atoms with Gasteiger partial charge in [-0.3, -0.25) is 4.79 Å². The summed E-state index contributed by atoms with van der Waals surface area (Å²) in [4.78, 5) is 13.7. The van der Waals surface area contributed by atoms with Crippen LogP contribution in [0, 0.1) is 0 Å². The van der Waals surface area contributed by atoms with Crippen molar-refractivity contribution in [3.63, 3.8) is 0 Å². The summed E-state index contributed by atoms with van der Waals surface area (Å²) in [6.07, 6.45) is -4.49. The predicted octanol–water partition coefficient (Wildman–Crippen LogP) is 4.21. The van der Waals surface area contributed by atoms with Crippen molar-refractivity contribution in [2.45, 2.75) is 12.7 Å². The molecule has 0 unspecified atom stereocenters. The smallest absolute Gasteiger partial charge is 0.399 e. The highest BCUT2D eigenvalue weighted by Crippen LogP contribution is 2.39. The quantitative estimate of drug-likeness (QED) is 0.764. The summed E-state index contributed by atoms with van der Waals surface area (Å²) in [6.45, 7) is -0.125. The summed E-state index contributed by atoms with van der Waals surface area (Å²) in [5.74, 6) is -0.460. The van der Waals surface area contributed by atoms with Gasteiger partial charge in [0.1, 0.15) is 0 Å². The Kier molecular flexibility index (Phi) is 3.40. The van der Waals surface area contributed by atoms with Gasteiger partial charge in [-0.2, -0.15) is 13.2 Å². The molecule has 1 heterocycles. The van der Waals surface area contributed by atoms with E-state index in [1.165, 1.54) is 17.0 Å². The number of hydrogen-bond acceptors (Lipinski definition) is 2. The van der Waals surface area contributed by atoms with Crippen LogP contribution in [0.3, 0.4) is 0 Å². The normalized spacial score (nSPS) is 14.4. The molecule has 7 heteroatoms. The van der Waals surface area contributed by atoms with E-state index in [-0.39, 0.29) is 17.7 Å². The van der Waals surface area contributed by atoms with Crippen molar-refractivity contribution in [3.8, 4) is 0 Å². The number of carbonyl (C=O) groups excluding carboxylic acids is 1. The van der Waals surface area contributed by atoms with E-state index in [4.69, 9.17) is 5.73 Å². The Bertz CT molecular complexity index is 754. The lowest BCUT2D eigenvalue weighted by Crippen LogP contribution is -2.23. The van der Waals surface area contributed by atoms with Crippen LogP contribution in [0.4, 0.5) is 24.5 Å². The molecule has 2 aromatic carbocycles. The SMILES string of the molecule is Nc1cc(Br)cc(N2Cc3c(cccc3C(F)(F)F)C2=O)c1. The second-order valence-corrected chi connectivity index (χ2v) is 5.88. The van der Waals surface area contributed by atoms with E-state index >= 15 is 0 Å². The molecule has 1 aliphatic heterocycles. The van der Waals surface area contributed by atoms with Crippen molar-refractivity contribution >= 4 is 33.2 Å². The molecule has 0 aromatic heterocycles. The van der Waals surface area contributed by atoms with E-state index in [0.717, 1.165) is 6.07 Å². The first-order valence-electron chi connectivity index (χ1n) is 6.34. The van der Waals surface area contributed by atoms with E-state index in [9.17, 15) is 18.0 Å². The highest BCUT2D eigenvalue weighted by molar-refractivity contribution is 9.10. The minimum absolute atomic E-state index is 0.00135. The molecule has 2 aromatic rings. The van der Waals surface area contributed by atoms with Crippen LogP contribution >= 0.6 is 15.9 Å². The molecule has 0 radical (unpaired) electrons. The average Bonchev–Trinajstić information content (AvgIpc) is 2.74. The number of nitrogens with zero attached hydrogens (tertiary/aromatic N) is 1. The standard InChI is InChI=1S/C15H10BrF3N2O/c16-8-4-9(20)6-10(5-8)21-7-12-11(14(21)22)2-1-3-13(12)15(17,18)19/h1-6H,7,20H2. The van der Waals surface area contributed by atoms with Gasteiger partial charge in [-0.25, -0.2) is 0 Å². The third kappa shape index (κ3) is 2.45. The van der Waals surface area contributed by atoms with E-state index < -0.39 is 17.6 Å². The fraction of sp³-hybridized carbons (Fsp3) is 0.133. The van der Waals surface area contributed by atoms with Crippen LogP contribution in [-0.4, -0.2) is 5.91 Å². The molecule has 0 aliphatic carbocycles. The molecule has 1 aliphatic rings. The van der Waals surface area contributed by atoms with Gasteiger partial charge in [0.2, 0.25) is 0 Å². The molecule has 0 bridgehead atoms. The number of carbonyl (C=O) groups is 1. The Morgan fingerprint density at radius 2 is 1.91 bits per heavy atom. The molecule has 0 spiro atoms. The molecule has 114 valence electrons.